The summed E-state index contributed by atoms with van der Waals surface area (Å²) in [5, 5.41) is 6.84. The molecule has 174 valence electrons. The molecular weight excluding hydrogens is 464 g/mol. The molecular formula is C22H25ClN6O3S. The van der Waals surface area contributed by atoms with Crippen molar-refractivity contribution in [1.82, 2.24) is 15.3 Å². The first kappa shape index (κ1) is 22.4. The fourth-order valence-corrected chi connectivity index (χ4v) is 5.64. The average Bonchev–Trinajstić information content (AvgIpc) is 3.33. The van der Waals surface area contributed by atoms with Crippen molar-refractivity contribution in [2.75, 3.05) is 35.6 Å². The first-order chi connectivity index (χ1) is 15.9. The van der Waals surface area contributed by atoms with E-state index in [1.807, 2.05) is 13.0 Å². The first-order valence-electron chi connectivity index (χ1n) is 10.9. The fraction of sp³-hybridized carbons (Fsp3) is 0.455. The van der Waals surface area contributed by atoms with Crippen LogP contribution in [0, 0.1) is 12.8 Å². The molecule has 4 N–H and O–H groups in total. The molecule has 33 heavy (non-hydrogen) atoms. The van der Waals surface area contributed by atoms with Crippen molar-refractivity contribution in [1.29, 1.82) is 0 Å². The van der Waals surface area contributed by atoms with E-state index in [4.69, 9.17) is 22.1 Å². The number of anilines is 2. The minimum absolute atomic E-state index is 0.0936. The number of hydrogen-bond donors (Lipinski definition) is 3. The topological polar surface area (TPSA) is 122 Å². The van der Waals surface area contributed by atoms with Gasteiger partial charge in [-0.1, -0.05) is 11.6 Å². The number of amides is 2. The second kappa shape index (κ2) is 9.09. The van der Waals surface area contributed by atoms with E-state index in [0.29, 0.717) is 41.9 Å². The zero-order chi connectivity index (χ0) is 23.1. The predicted octanol–water partition coefficient (Wildman–Crippen LogP) is 2.66. The summed E-state index contributed by atoms with van der Waals surface area (Å²) in [6.45, 7) is 3.85. The molecule has 2 aromatic heterocycles. The van der Waals surface area contributed by atoms with E-state index < -0.39 is 6.09 Å². The van der Waals surface area contributed by atoms with Crippen LogP contribution in [0.2, 0.25) is 5.02 Å². The Morgan fingerprint density at radius 2 is 2.24 bits per heavy atom. The summed E-state index contributed by atoms with van der Waals surface area (Å²) >= 11 is 7.76. The number of fused-ring (bicyclic) bond motifs is 2. The fourth-order valence-electron chi connectivity index (χ4n) is 4.60. The summed E-state index contributed by atoms with van der Waals surface area (Å²) in [6.07, 6.45) is 2.55. The van der Waals surface area contributed by atoms with Gasteiger partial charge in [-0.25, -0.2) is 9.78 Å². The highest BCUT2D eigenvalue weighted by Crippen LogP contribution is 2.39. The van der Waals surface area contributed by atoms with Crippen LogP contribution >= 0.6 is 23.4 Å². The summed E-state index contributed by atoms with van der Waals surface area (Å²) < 4.78 is 5.53. The Kier molecular flexibility index (Phi) is 6.17. The lowest BCUT2D eigenvalue weighted by Crippen LogP contribution is -2.31. The molecule has 1 aliphatic carbocycles. The standard InChI is InChI=1S/C22H25ClN6O3S/c1-11-14-6-12(20(24)19(14)15(23)8-26-11)7-25-5-4-13-9-29(22(31)32-13)17-3-2-16-21(27-17)28-18(30)10-33-16/h2-3,8,12-13,20,25H,4-7,9-10,24H2,1H3,(H,27,28,30). The third kappa shape index (κ3) is 4.40. The number of carbonyl (C=O) groups excluding carboxylic acids is 2. The predicted molar refractivity (Wildman–Crippen MR) is 127 cm³/mol. The molecule has 3 aliphatic rings. The van der Waals surface area contributed by atoms with E-state index in [-0.39, 0.29) is 24.0 Å². The van der Waals surface area contributed by atoms with Gasteiger partial charge in [0.2, 0.25) is 5.91 Å². The number of cyclic esters (lactones) is 1. The smallest absolute Gasteiger partial charge is 0.415 e. The first-order valence-corrected chi connectivity index (χ1v) is 12.3. The highest BCUT2D eigenvalue weighted by atomic mass is 35.5. The van der Waals surface area contributed by atoms with Crippen LogP contribution in [0.25, 0.3) is 0 Å². The van der Waals surface area contributed by atoms with Gasteiger partial charge in [0.1, 0.15) is 17.7 Å². The van der Waals surface area contributed by atoms with Gasteiger partial charge in [0, 0.05) is 24.5 Å². The molecule has 2 amide bonds. The van der Waals surface area contributed by atoms with Gasteiger partial charge in [0.05, 0.1) is 22.2 Å². The van der Waals surface area contributed by atoms with E-state index >= 15 is 0 Å². The summed E-state index contributed by atoms with van der Waals surface area (Å²) in [7, 11) is 0. The van der Waals surface area contributed by atoms with Gasteiger partial charge in [0.25, 0.3) is 0 Å². The second-order valence-electron chi connectivity index (χ2n) is 8.54. The molecule has 2 aromatic rings. The maximum absolute atomic E-state index is 12.4. The van der Waals surface area contributed by atoms with Crippen LogP contribution in [0.5, 0.6) is 0 Å². The van der Waals surface area contributed by atoms with Crippen molar-refractivity contribution in [3.63, 3.8) is 0 Å². The van der Waals surface area contributed by atoms with Crippen molar-refractivity contribution in [2.24, 2.45) is 11.7 Å². The molecule has 3 unspecified atom stereocenters. The molecule has 2 aliphatic heterocycles. The monoisotopic (exact) mass is 488 g/mol. The summed E-state index contributed by atoms with van der Waals surface area (Å²) in [4.78, 5) is 35.2. The van der Waals surface area contributed by atoms with Gasteiger partial charge in [-0.05, 0) is 55.5 Å². The van der Waals surface area contributed by atoms with Crippen LogP contribution in [-0.4, -0.2) is 53.5 Å². The zero-order valence-electron chi connectivity index (χ0n) is 18.1. The Hall–Kier alpha value is -2.40. The highest BCUT2D eigenvalue weighted by Gasteiger charge is 2.35. The number of nitrogens with one attached hydrogen (secondary N) is 2. The number of hydrogen-bond acceptors (Lipinski definition) is 8. The van der Waals surface area contributed by atoms with Crippen molar-refractivity contribution in [3.05, 3.63) is 40.2 Å². The second-order valence-corrected chi connectivity index (χ2v) is 9.96. The van der Waals surface area contributed by atoms with Crippen LogP contribution in [0.15, 0.2) is 23.2 Å². The quantitative estimate of drug-likeness (QED) is 0.530. The van der Waals surface area contributed by atoms with Gasteiger partial charge < -0.3 is 21.1 Å². The highest BCUT2D eigenvalue weighted by molar-refractivity contribution is 8.00. The SMILES string of the molecule is Cc1ncc(Cl)c2c1CC(CNCCC1CN(c3ccc4c(n3)NC(=O)CS4)C(=O)O1)C2N. The average molecular weight is 489 g/mol. The molecule has 1 saturated heterocycles. The Labute approximate surface area is 200 Å². The van der Waals surface area contributed by atoms with Gasteiger partial charge in [-0.15, -0.1) is 11.8 Å². The van der Waals surface area contributed by atoms with Gasteiger partial charge in [-0.3, -0.25) is 14.7 Å². The number of ether oxygens (including phenoxy) is 1. The lowest BCUT2D eigenvalue weighted by Gasteiger charge is -2.19. The molecule has 0 bridgehead atoms. The Bertz CT molecular complexity index is 1120. The van der Waals surface area contributed by atoms with E-state index in [2.05, 4.69) is 20.6 Å². The molecule has 0 spiro atoms. The molecule has 11 heteroatoms. The molecule has 9 nitrogen and oxygen atoms in total. The number of aryl methyl sites for hydroxylation is 1. The molecule has 0 radical (unpaired) electrons. The van der Waals surface area contributed by atoms with E-state index in [1.54, 1.807) is 12.3 Å². The molecule has 0 saturated carbocycles. The van der Waals surface area contributed by atoms with Crippen LogP contribution in [-0.2, 0) is 16.0 Å². The third-order valence-electron chi connectivity index (χ3n) is 6.36. The maximum Gasteiger partial charge on any atom is 0.415 e. The summed E-state index contributed by atoms with van der Waals surface area (Å²) in [6, 6.07) is 3.54. The Morgan fingerprint density at radius 3 is 3.06 bits per heavy atom. The number of aromatic nitrogens is 2. The normalized spacial score (nSPS) is 23.8. The van der Waals surface area contributed by atoms with Crippen molar-refractivity contribution in [3.8, 4) is 0 Å². The molecule has 3 atom stereocenters. The summed E-state index contributed by atoms with van der Waals surface area (Å²) in [5.41, 5.74) is 9.62. The van der Waals surface area contributed by atoms with E-state index in [0.717, 1.165) is 34.7 Å². The van der Waals surface area contributed by atoms with E-state index in [1.165, 1.54) is 16.7 Å². The summed E-state index contributed by atoms with van der Waals surface area (Å²) in [5.74, 6) is 1.49. The number of halogens is 1. The van der Waals surface area contributed by atoms with Crippen molar-refractivity contribution in [2.45, 2.75) is 36.8 Å². The minimum Gasteiger partial charge on any atom is -0.444 e. The number of nitrogens with two attached hydrogens (primary N) is 1. The molecule has 5 rings (SSSR count). The number of rotatable bonds is 6. The maximum atomic E-state index is 12.4. The van der Waals surface area contributed by atoms with Gasteiger partial charge >= 0.3 is 6.09 Å². The van der Waals surface area contributed by atoms with Crippen molar-refractivity contribution < 1.29 is 14.3 Å². The van der Waals surface area contributed by atoms with Crippen LogP contribution < -0.4 is 21.3 Å². The Balaban J connectivity index is 1.13. The molecule has 1 fully saturated rings. The number of nitrogens with zero attached hydrogens (tertiary/aromatic N) is 3. The minimum atomic E-state index is -0.423. The third-order valence-corrected chi connectivity index (χ3v) is 7.71. The lowest BCUT2D eigenvalue weighted by molar-refractivity contribution is -0.113. The number of pyridine rings is 2. The van der Waals surface area contributed by atoms with Gasteiger partial charge in [0.15, 0.2) is 0 Å². The lowest BCUT2D eigenvalue weighted by atomic mass is 10.0. The van der Waals surface area contributed by atoms with Crippen LogP contribution in [0.3, 0.4) is 0 Å². The number of carbonyl (C=O) groups is 2. The Morgan fingerprint density at radius 1 is 1.39 bits per heavy atom. The molecule has 0 aromatic carbocycles. The van der Waals surface area contributed by atoms with Crippen molar-refractivity contribution >= 4 is 47.0 Å². The van der Waals surface area contributed by atoms with Crippen LogP contribution in [0.4, 0.5) is 16.4 Å². The number of thioether (sulfide) groups is 1. The van der Waals surface area contributed by atoms with E-state index in [9.17, 15) is 9.59 Å². The van der Waals surface area contributed by atoms with Crippen LogP contribution in [0.1, 0.15) is 29.3 Å². The zero-order valence-corrected chi connectivity index (χ0v) is 19.7. The molecule has 4 heterocycles. The largest absolute Gasteiger partial charge is 0.444 e. The van der Waals surface area contributed by atoms with Gasteiger partial charge in [-0.2, -0.15) is 0 Å².